The average Bonchev–Trinajstić information content (AvgIpc) is 3.28. The number of pyridine rings is 1. The monoisotopic (exact) mass is 425 g/mol. The molecular weight excluding hydrogens is 398 g/mol. The molecule has 3 heterocycles. The van der Waals surface area contributed by atoms with Crippen LogP contribution in [0, 0.1) is 10.9 Å². The van der Waals surface area contributed by atoms with Gasteiger partial charge in [0.15, 0.2) is 0 Å². The number of carbonyl (C=O) groups excluding carboxylic acids is 2. The number of carbonyl (C=O) groups is 2. The Hall–Kier alpha value is -3.14. The minimum Gasteiger partial charge on any atom is -0.456 e. The van der Waals surface area contributed by atoms with Crippen LogP contribution in [0.2, 0.25) is 0 Å². The number of anilines is 1. The zero-order chi connectivity index (χ0) is 21.8. The summed E-state index contributed by atoms with van der Waals surface area (Å²) >= 11 is 0. The fourth-order valence-corrected chi connectivity index (χ4v) is 4.67. The van der Waals surface area contributed by atoms with Crippen molar-refractivity contribution in [1.82, 2.24) is 15.2 Å². The van der Waals surface area contributed by atoms with Crippen molar-refractivity contribution in [3.63, 3.8) is 0 Å². The molecule has 2 fully saturated rings. The van der Waals surface area contributed by atoms with Gasteiger partial charge >= 0.3 is 5.97 Å². The molecule has 1 spiro atoms. The fourth-order valence-electron chi connectivity index (χ4n) is 4.67. The van der Waals surface area contributed by atoms with Gasteiger partial charge in [0.2, 0.25) is 5.91 Å². The highest BCUT2D eigenvalue weighted by atomic mass is 16.5. The summed E-state index contributed by atoms with van der Waals surface area (Å²) in [5.41, 5.74) is 8.69. The Kier molecular flexibility index (Phi) is 6.08. The van der Waals surface area contributed by atoms with Crippen LogP contribution in [0.15, 0.2) is 39.9 Å². The molecule has 1 aromatic heterocycles. The molecule has 0 atom stereocenters. The van der Waals surface area contributed by atoms with Gasteiger partial charge in [0.1, 0.15) is 18.8 Å². The second kappa shape index (κ2) is 8.93. The van der Waals surface area contributed by atoms with E-state index in [9.17, 15) is 9.59 Å². The number of hydrogen-bond acceptors (Lipinski definition) is 7. The Morgan fingerprint density at radius 3 is 2.77 bits per heavy atom. The van der Waals surface area contributed by atoms with Gasteiger partial charge in [0.05, 0.1) is 16.7 Å². The first kappa shape index (κ1) is 21.1. The van der Waals surface area contributed by atoms with E-state index >= 15 is 0 Å². The Morgan fingerprint density at radius 1 is 1.32 bits per heavy atom. The van der Waals surface area contributed by atoms with Crippen molar-refractivity contribution in [1.29, 1.82) is 5.53 Å². The quantitative estimate of drug-likeness (QED) is 0.202. The molecule has 3 N–H and O–H groups in total. The van der Waals surface area contributed by atoms with Crippen molar-refractivity contribution < 1.29 is 14.3 Å². The maximum absolute atomic E-state index is 13.2. The van der Waals surface area contributed by atoms with Crippen molar-refractivity contribution in [3.05, 3.63) is 35.2 Å². The van der Waals surface area contributed by atoms with E-state index in [-0.39, 0.29) is 23.9 Å². The molecule has 164 valence electrons. The standard InChI is InChI=1S/C21H27N7O3/c1-14-17(12-31-19(14)29)28-9-8-21(20(28)30)6-4-16(5-7-21)23-10-15-2-3-18(24-11-15)25-13-26-27-22/h2-3,11,13,16,23H,4-10,12H2,1H3,(H2,22,24,25,26)/t16-,21+. The lowest BCUT2D eigenvalue weighted by Crippen LogP contribution is -2.42. The van der Waals surface area contributed by atoms with Crippen molar-refractivity contribution in [2.75, 3.05) is 18.5 Å². The Bertz CT molecular complexity index is 917. The summed E-state index contributed by atoms with van der Waals surface area (Å²) in [6.07, 6.45) is 7.58. The number of nitrogens with one attached hydrogen (secondary N) is 3. The number of amides is 1. The van der Waals surface area contributed by atoms with Gasteiger partial charge in [0, 0.05) is 25.3 Å². The van der Waals surface area contributed by atoms with Gasteiger partial charge in [-0.05, 0) is 50.7 Å². The lowest BCUT2D eigenvalue weighted by Gasteiger charge is -2.36. The topological polar surface area (TPSA) is 132 Å². The molecule has 1 aromatic rings. The molecule has 1 saturated heterocycles. The molecule has 1 amide bonds. The van der Waals surface area contributed by atoms with Crippen molar-refractivity contribution in [2.45, 2.75) is 51.6 Å². The Morgan fingerprint density at radius 2 is 2.13 bits per heavy atom. The summed E-state index contributed by atoms with van der Waals surface area (Å²) in [6, 6.07) is 4.20. The number of esters is 1. The summed E-state index contributed by atoms with van der Waals surface area (Å²) in [5, 5.41) is 12.7. The van der Waals surface area contributed by atoms with E-state index in [4.69, 9.17) is 10.3 Å². The van der Waals surface area contributed by atoms with E-state index in [1.165, 1.54) is 6.34 Å². The average molecular weight is 425 g/mol. The predicted molar refractivity (Wildman–Crippen MR) is 113 cm³/mol. The molecule has 10 nitrogen and oxygen atoms in total. The van der Waals surface area contributed by atoms with Crippen molar-refractivity contribution in [3.8, 4) is 0 Å². The van der Waals surface area contributed by atoms with E-state index in [1.807, 2.05) is 12.1 Å². The molecular formula is C21H27N7O3. The van der Waals surface area contributed by atoms with Crippen molar-refractivity contribution >= 4 is 24.0 Å². The largest absolute Gasteiger partial charge is 0.456 e. The summed E-state index contributed by atoms with van der Waals surface area (Å²) in [5.74, 6) is 0.485. The van der Waals surface area contributed by atoms with E-state index < -0.39 is 0 Å². The maximum Gasteiger partial charge on any atom is 0.336 e. The zero-order valence-corrected chi connectivity index (χ0v) is 17.6. The van der Waals surface area contributed by atoms with Crippen LogP contribution in [0.1, 0.15) is 44.6 Å². The molecule has 4 rings (SSSR count). The summed E-state index contributed by atoms with van der Waals surface area (Å²) in [4.78, 5) is 31.0. The third-order valence-corrected chi connectivity index (χ3v) is 6.61. The highest BCUT2D eigenvalue weighted by Crippen LogP contribution is 2.46. The number of cyclic esters (lactones) is 1. The minimum atomic E-state index is -0.313. The SMILES string of the molecule is CC1=C(N2CC[C@]3(CC[C@H](NCc4ccc(N/C=N\N=N)nc4)CC3)C2=O)COC1=O. The third-order valence-electron chi connectivity index (χ3n) is 6.61. The number of hydrogen-bond donors (Lipinski definition) is 3. The van der Waals surface area contributed by atoms with Crippen molar-refractivity contribution in [2.24, 2.45) is 15.7 Å². The zero-order valence-electron chi connectivity index (χ0n) is 17.6. The molecule has 0 aromatic carbocycles. The Balaban J connectivity index is 1.27. The van der Waals surface area contributed by atoms with E-state index in [0.717, 1.165) is 43.4 Å². The van der Waals surface area contributed by atoms with Crippen LogP contribution >= 0.6 is 0 Å². The fraction of sp³-hybridized carbons (Fsp3) is 0.524. The molecule has 1 aliphatic carbocycles. The van der Waals surface area contributed by atoms with Crippen LogP contribution in [0.25, 0.3) is 0 Å². The highest BCUT2D eigenvalue weighted by Gasteiger charge is 2.50. The first-order valence-electron chi connectivity index (χ1n) is 10.5. The lowest BCUT2D eigenvalue weighted by atomic mass is 9.71. The molecule has 3 aliphatic rings. The first-order chi connectivity index (χ1) is 15.0. The number of aromatic nitrogens is 1. The minimum absolute atomic E-state index is 0.160. The molecule has 2 aliphatic heterocycles. The van der Waals surface area contributed by atoms with Gasteiger partial charge in [-0.2, -0.15) is 5.53 Å². The predicted octanol–water partition coefficient (Wildman–Crippen LogP) is 2.55. The van der Waals surface area contributed by atoms with Gasteiger partial charge in [-0.25, -0.2) is 9.78 Å². The summed E-state index contributed by atoms with van der Waals surface area (Å²) < 4.78 is 5.09. The molecule has 1 saturated carbocycles. The molecule has 31 heavy (non-hydrogen) atoms. The second-order valence-corrected chi connectivity index (χ2v) is 8.33. The summed E-state index contributed by atoms with van der Waals surface area (Å²) in [7, 11) is 0. The van der Waals surface area contributed by atoms with Gasteiger partial charge in [-0.15, -0.1) is 5.10 Å². The van der Waals surface area contributed by atoms with Gasteiger partial charge in [-0.1, -0.05) is 11.3 Å². The Labute approximate surface area is 180 Å². The lowest BCUT2D eigenvalue weighted by molar-refractivity contribution is -0.138. The van der Waals surface area contributed by atoms with Crippen LogP contribution < -0.4 is 10.6 Å². The molecule has 0 radical (unpaired) electrons. The number of likely N-dealkylation sites (tertiary alicyclic amines) is 1. The van der Waals surface area contributed by atoms with Gasteiger partial charge in [-0.3, -0.25) is 4.79 Å². The normalized spacial score (nSPS) is 26.2. The second-order valence-electron chi connectivity index (χ2n) is 8.33. The maximum atomic E-state index is 13.2. The summed E-state index contributed by atoms with van der Waals surface area (Å²) in [6.45, 7) is 3.34. The third kappa shape index (κ3) is 4.34. The van der Waals surface area contributed by atoms with Gasteiger partial charge < -0.3 is 20.3 Å². The van der Waals surface area contributed by atoms with Crippen LogP contribution in [0.3, 0.4) is 0 Å². The molecule has 0 bridgehead atoms. The highest BCUT2D eigenvalue weighted by molar-refractivity contribution is 5.94. The number of ether oxygens (including phenoxy) is 1. The number of rotatable bonds is 7. The van der Waals surface area contributed by atoms with E-state index in [0.29, 0.717) is 30.5 Å². The van der Waals surface area contributed by atoms with E-state index in [1.54, 1.807) is 18.0 Å². The van der Waals surface area contributed by atoms with Crippen LogP contribution in [-0.2, 0) is 20.9 Å². The first-order valence-corrected chi connectivity index (χ1v) is 10.5. The number of nitrogens with zero attached hydrogens (tertiary/aromatic N) is 4. The van der Waals surface area contributed by atoms with Crippen LogP contribution in [0.5, 0.6) is 0 Å². The van der Waals surface area contributed by atoms with E-state index in [2.05, 4.69) is 25.9 Å². The smallest absolute Gasteiger partial charge is 0.336 e. The van der Waals surface area contributed by atoms with Gasteiger partial charge in [0.25, 0.3) is 0 Å². The molecule has 10 heteroatoms. The molecule has 0 unspecified atom stereocenters. The van der Waals surface area contributed by atoms with Crippen LogP contribution in [-0.4, -0.2) is 47.3 Å². The van der Waals surface area contributed by atoms with Crippen LogP contribution in [0.4, 0.5) is 5.82 Å².